The van der Waals surface area contributed by atoms with E-state index < -0.39 is 5.60 Å². The normalized spacial score (nSPS) is 19.1. The first kappa shape index (κ1) is 16.3. The Labute approximate surface area is 170 Å². The molecule has 3 aromatic heterocycles. The minimum atomic E-state index is -1.30. The van der Waals surface area contributed by atoms with Crippen molar-refractivity contribution in [3.8, 4) is 5.88 Å². The molecule has 1 atom stereocenters. The van der Waals surface area contributed by atoms with Gasteiger partial charge in [0.05, 0.1) is 36.1 Å². The number of hydrogen-bond donors (Lipinski definition) is 4. The van der Waals surface area contributed by atoms with Gasteiger partial charge in [-0.3, -0.25) is 0 Å². The Bertz CT molecular complexity index is 1670. The Hall–Kier alpha value is -3.48. The number of benzene rings is 3. The van der Waals surface area contributed by atoms with Crippen molar-refractivity contribution in [3.05, 3.63) is 54.7 Å². The SMILES string of the molecule is OCC1(O)Cn2c3ccccc3c3c4c[nH]c(O)c4c4c5ccccc5n(c4c32)C1. The van der Waals surface area contributed by atoms with E-state index in [-0.39, 0.29) is 19.0 Å². The van der Waals surface area contributed by atoms with Crippen LogP contribution in [0, 0.1) is 0 Å². The van der Waals surface area contributed by atoms with Gasteiger partial charge in [-0.1, -0.05) is 36.4 Å². The van der Waals surface area contributed by atoms with Crippen LogP contribution in [0.15, 0.2) is 54.7 Å². The minimum absolute atomic E-state index is 0.147. The molecule has 4 N–H and O–H groups in total. The Kier molecular flexibility index (Phi) is 2.81. The van der Waals surface area contributed by atoms with Crippen LogP contribution < -0.4 is 0 Å². The number of aliphatic hydroxyl groups excluding tert-OH is 1. The third-order valence-electron chi connectivity index (χ3n) is 6.74. The van der Waals surface area contributed by atoms with Crippen molar-refractivity contribution < 1.29 is 15.3 Å². The van der Waals surface area contributed by atoms with E-state index in [1.807, 2.05) is 36.5 Å². The monoisotopic (exact) mass is 397 g/mol. The van der Waals surface area contributed by atoms with Gasteiger partial charge in [0.15, 0.2) is 5.88 Å². The number of nitrogens with one attached hydrogen (secondary N) is 1. The lowest BCUT2D eigenvalue weighted by molar-refractivity contribution is -0.0368. The van der Waals surface area contributed by atoms with Gasteiger partial charge < -0.3 is 29.4 Å². The summed E-state index contributed by atoms with van der Waals surface area (Å²) in [6, 6.07) is 16.2. The molecule has 6 nitrogen and oxygen atoms in total. The van der Waals surface area contributed by atoms with E-state index >= 15 is 0 Å². The van der Waals surface area contributed by atoms with E-state index in [0.29, 0.717) is 6.54 Å². The number of fused-ring (bicyclic) bond motifs is 9. The van der Waals surface area contributed by atoms with E-state index in [2.05, 4.69) is 32.3 Å². The molecule has 0 spiro atoms. The molecule has 4 heterocycles. The zero-order valence-electron chi connectivity index (χ0n) is 16.1. The van der Waals surface area contributed by atoms with Crippen LogP contribution in [0.1, 0.15) is 0 Å². The molecule has 0 radical (unpaired) electrons. The van der Waals surface area contributed by atoms with Gasteiger partial charge in [0, 0.05) is 44.2 Å². The Morgan fingerprint density at radius 2 is 1.37 bits per heavy atom. The highest BCUT2D eigenvalue weighted by Crippen LogP contribution is 2.48. The molecular weight excluding hydrogens is 378 g/mol. The summed E-state index contributed by atoms with van der Waals surface area (Å²) in [5, 5.41) is 38.2. The van der Waals surface area contributed by atoms with Gasteiger partial charge in [-0.15, -0.1) is 0 Å². The number of H-pyrrole nitrogens is 1. The second-order valence-electron chi connectivity index (χ2n) is 8.46. The quantitative estimate of drug-likeness (QED) is 0.340. The average Bonchev–Trinajstić information content (AvgIpc) is 3.36. The van der Waals surface area contributed by atoms with Gasteiger partial charge in [-0.25, -0.2) is 0 Å². The van der Waals surface area contributed by atoms with Crippen molar-refractivity contribution in [2.24, 2.45) is 0 Å². The van der Waals surface area contributed by atoms with Gasteiger partial charge in [-0.05, 0) is 12.1 Å². The Morgan fingerprint density at radius 1 is 0.800 bits per heavy atom. The van der Waals surface area contributed by atoms with Crippen molar-refractivity contribution in [1.82, 2.24) is 14.1 Å². The fraction of sp³-hybridized carbons (Fsp3) is 0.167. The van der Waals surface area contributed by atoms with Crippen LogP contribution in [-0.4, -0.2) is 41.6 Å². The fourth-order valence-corrected chi connectivity index (χ4v) is 5.55. The van der Waals surface area contributed by atoms with Crippen molar-refractivity contribution in [2.45, 2.75) is 18.7 Å². The molecule has 0 aliphatic carbocycles. The molecule has 1 aliphatic rings. The number of aromatic hydroxyl groups is 1. The number of rotatable bonds is 1. The van der Waals surface area contributed by atoms with Gasteiger partial charge in [-0.2, -0.15) is 0 Å². The van der Waals surface area contributed by atoms with E-state index in [9.17, 15) is 15.3 Å². The van der Waals surface area contributed by atoms with E-state index in [4.69, 9.17) is 0 Å². The lowest BCUT2D eigenvalue weighted by atomic mass is 10.0. The first-order valence-corrected chi connectivity index (χ1v) is 10.1. The summed E-state index contributed by atoms with van der Waals surface area (Å²) in [6.07, 6.45) is 1.87. The molecule has 7 rings (SSSR count). The number of para-hydroxylation sites is 2. The van der Waals surface area contributed by atoms with E-state index in [0.717, 1.165) is 54.4 Å². The molecule has 0 saturated heterocycles. The van der Waals surface area contributed by atoms with E-state index in [1.165, 1.54) is 0 Å². The molecule has 1 aliphatic heterocycles. The van der Waals surface area contributed by atoms with Crippen LogP contribution >= 0.6 is 0 Å². The number of nitrogens with zero attached hydrogens (tertiary/aromatic N) is 2. The predicted molar refractivity (Wildman–Crippen MR) is 118 cm³/mol. The molecule has 0 fully saturated rings. The molecular formula is C24H19N3O3. The maximum Gasteiger partial charge on any atom is 0.197 e. The molecule has 6 heteroatoms. The van der Waals surface area contributed by atoms with Gasteiger partial charge >= 0.3 is 0 Å². The Balaban J connectivity index is 1.92. The van der Waals surface area contributed by atoms with Crippen molar-refractivity contribution >= 4 is 54.4 Å². The zero-order chi connectivity index (χ0) is 20.2. The zero-order valence-corrected chi connectivity index (χ0v) is 16.1. The average molecular weight is 397 g/mol. The molecule has 30 heavy (non-hydrogen) atoms. The van der Waals surface area contributed by atoms with Crippen LogP contribution in [0.2, 0.25) is 0 Å². The minimum Gasteiger partial charge on any atom is -0.494 e. The highest BCUT2D eigenvalue weighted by atomic mass is 16.3. The summed E-state index contributed by atoms with van der Waals surface area (Å²) in [7, 11) is 0. The highest BCUT2D eigenvalue weighted by molar-refractivity contribution is 6.36. The van der Waals surface area contributed by atoms with Crippen LogP contribution in [0.4, 0.5) is 0 Å². The smallest absolute Gasteiger partial charge is 0.197 e. The predicted octanol–water partition coefficient (Wildman–Crippen LogP) is 3.83. The highest BCUT2D eigenvalue weighted by Gasteiger charge is 2.35. The summed E-state index contributed by atoms with van der Waals surface area (Å²) in [6.45, 7) is 0.226. The maximum atomic E-state index is 11.4. The molecule has 148 valence electrons. The number of hydrogen-bond acceptors (Lipinski definition) is 3. The number of aromatic nitrogens is 3. The summed E-state index contributed by atoms with van der Waals surface area (Å²) >= 11 is 0. The third kappa shape index (κ3) is 1.73. The number of aliphatic hydroxyl groups is 2. The molecule has 3 aromatic carbocycles. The van der Waals surface area contributed by atoms with Crippen molar-refractivity contribution in [1.29, 1.82) is 0 Å². The third-order valence-corrected chi connectivity index (χ3v) is 6.74. The molecule has 0 saturated carbocycles. The summed E-state index contributed by atoms with van der Waals surface area (Å²) in [5.41, 5.74) is 2.69. The molecule has 0 amide bonds. The van der Waals surface area contributed by atoms with Gasteiger partial charge in [0.1, 0.15) is 5.60 Å². The fourth-order valence-electron chi connectivity index (χ4n) is 5.55. The standard InChI is InChI=1S/C24H19N3O3/c28-12-24(30)10-26-16-7-3-1-5-13(16)18-15-9-25-23(29)20(15)19-14-6-2-4-8-17(14)27(11-24)22(19)21(18)26/h1-9,25,28-30H,10-12H2. The maximum absolute atomic E-state index is 11.4. The van der Waals surface area contributed by atoms with Crippen molar-refractivity contribution in [3.63, 3.8) is 0 Å². The largest absolute Gasteiger partial charge is 0.494 e. The summed E-state index contributed by atoms with van der Waals surface area (Å²) in [4.78, 5) is 3.02. The first-order chi connectivity index (χ1) is 14.6. The summed E-state index contributed by atoms with van der Waals surface area (Å²) < 4.78 is 4.24. The van der Waals surface area contributed by atoms with Crippen LogP contribution in [0.3, 0.4) is 0 Å². The molecule has 6 aromatic rings. The Morgan fingerprint density at radius 3 is 2.00 bits per heavy atom. The second kappa shape index (κ2) is 5.16. The second-order valence-corrected chi connectivity index (χ2v) is 8.46. The topological polar surface area (TPSA) is 86.3 Å². The van der Waals surface area contributed by atoms with Crippen LogP contribution in [-0.2, 0) is 13.1 Å². The van der Waals surface area contributed by atoms with Gasteiger partial charge in [0.25, 0.3) is 0 Å². The van der Waals surface area contributed by atoms with E-state index in [1.54, 1.807) is 0 Å². The lowest BCUT2D eigenvalue weighted by Gasteiger charge is -2.26. The lowest BCUT2D eigenvalue weighted by Crippen LogP contribution is -2.41. The van der Waals surface area contributed by atoms with Crippen LogP contribution in [0.5, 0.6) is 5.88 Å². The van der Waals surface area contributed by atoms with Crippen LogP contribution in [0.25, 0.3) is 54.4 Å². The molecule has 1 unspecified atom stereocenters. The molecule has 0 bridgehead atoms. The number of aromatic amines is 1. The van der Waals surface area contributed by atoms with Crippen molar-refractivity contribution in [2.75, 3.05) is 6.61 Å². The summed E-state index contributed by atoms with van der Waals surface area (Å²) in [5.74, 6) is 0.147. The first-order valence-electron chi connectivity index (χ1n) is 10.1. The van der Waals surface area contributed by atoms with Gasteiger partial charge in [0.2, 0.25) is 0 Å².